The highest BCUT2D eigenvalue weighted by atomic mass is 19.1. The van der Waals surface area contributed by atoms with E-state index < -0.39 is 0 Å². The van der Waals surface area contributed by atoms with E-state index in [2.05, 4.69) is 10.3 Å². The van der Waals surface area contributed by atoms with Crippen LogP contribution in [0.3, 0.4) is 0 Å². The molecule has 0 unspecified atom stereocenters. The van der Waals surface area contributed by atoms with Crippen LogP contribution in [0.15, 0.2) is 24.3 Å². The largest absolute Gasteiger partial charge is 0.396 e. The Bertz CT molecular complexity index is 636. The third-order valence-electron chi connectivity index (χ3n) is 3.72. The zero-order chi connectivity index (χ0) is 14.2. The number of nitrogens with zero attached hydrogens (tertiary/aromatic N) is 1. The average Bonchev–Trinajstić information content (AvgIpc) is 2.39. The molecule has 106 valence electrons. The summed E-state index contributed by atoms with van der Waals surface area (Å²) in [6.07, 6.45) is 0. The number of halogens is 1. The number of ether oxygens (including phenoxy) is 1. The summed E-state index contributed by atoms with van der Waals surface area (Å²) in [4.78, 5) is 4.25. The number of fused-ring (bicyclic) bond motifs is 1. The molecule has 1 aliphatic heterocycles. The lowest BCUT2D eigenvalue weighted by Gasteiger charge is -2.40. The van der Waals surface area contributed by atoms with Gasteiger partial charge in [0, 0.05) is 23.3 Å². The van der Waals surface area contributed by atoms with Gasteiger partial charge in [0.2, 0.25) is 0 Å². The van der Waals surface area contributed by atoms with E-state index in [1.165, 1.54) is 6.07 Å². The lowest BCUT2D eigenvalue weighted by molar-refractivity contribution is -0.128. The van der Waals surface area contributed by atoms with Crippen LogP contribution in [0.25, 0.3) is 10.9 Å². The van der Waals surface area contributed by atoms with Gasteiger partial charge < -0.3 is 15.2 Å². The van der Waals surface area contributed by atoms with Crippen LogP contribution < -0.4 is 5.32 Å². The number of aryl methyl sites for hydroxylation is 1. The van der Waals surface area contributed by atoms with E-state index >= 15 is 0 Å². The SMILES string of the molecule is Cc1cc(NCC2(CO)COC2)c2cccc(F)c2n1. The second kappa shape index (κ2) is 5.00. The first-order chi connectivity index (χ1) is 9.63. The zero-order valence-electron chi connectivity index (χ0n) is 11.3. The van der Waals surface area contributed by atoms with Crippen molar-refractivity contribution < 1.29 is 14.2 Å². The maximum Gasteiger partial charge on any atom is 0.149 e. The van der Waals surface area contributed by atoms with Crippen molar-refractivity contribution in [3.8, 4) is 0 Å². The monoisotopic (exact) mass is 276 g/mol. The van der Waals surface area contributed by atoms with E-state index in [1.807, 2.05) is 19.1 Å². The summed E-state index contributed by atoms with van der Waals surface area (Å²) in [5, 5.41) is 13.5. The Morgan fingerprint density at radius 1 is 1.45 bits per heavy atom. The van der Waals surface area contributed by atoms with Crippen molar-refractivity contribution in [1.29, 1.82) is 0 Å². The van der Waals surface area contributed by atoms with Crippen molar-refractivity contribution in [3.05, 3.63) is 35.8 Å². The van der Waals surface area contributed by atoms with E-state index in [1.54, 1.807) is 6.07 Å². The van der Waals surface area contributed by atoms with Gasteiger partial charge in [-0.15, -0.1) is 0 Å². The molecule has 0 atom stereocenters. The molecule has 2 N–H and O–H groups in total. The number of pyridine rings is 1. The van der Waals surface area contributed by atoms with E-state index in [0.717, 1.165) is 16.8 Å². The first-order valence-electron chi connectivity index (χ1n) is 6.62. The van der Waals surface area contributed by atoms with E-state index in [9.17, 15) is 9.50 Å². The van der Waals surface area contributed by atoms with Gasteiger partial charge in [-0.3, -0.25) is 0 Å². The van der Waals surface area contributed by atoms with E-state index in [0.29, 0.717) is 25.3 Å². The fourth-order valence-corrected chi connectivity index (χ4v) is 2.41. The first kappa shape index (κ1) is 13.3. The number of aliphatic hydroxyl groups excluding tert-OH is 1. The third kappa shape index (κ3) is 2.23. The maximum absolute atomic E-state index is 13.8. The molecule has 3 rings (SSSR count). The van der Waals surface area contributed by atoms with Crippen LogP contribution in [0.5, 0.6) is 0 Å². The number of nitrogens with one attached hydrogen (secondary N) is 1. The molecule has 2 heterocycles. The molecule has 1 saturated heterocycles. The number of benzene rings is 1. The number of anilines is 1. The summed E-state index contributed by atoms with van der Waals surface area (Å²) in [7, 11) is 0. The summed E-state index contributed by atoms with van der Waals surface area (Å²) < 4.78 is 19.0. The highest BCUT2D eigenvalue weighted by Crippen LogP contribution is 2.30. The van der Waals surface area contributed by atoms with Crippen molar-refractivity contribution in [1.82, 2.24) is 4.98 Å². The standard InChI is InChI=1S/C15H17FN2O2/c1-10-5-13(17-6-15(7-19)8-20-9-15)11-3-2-4-12(16)14(11)18-10/h2-5,19H,6-9H2,1H3,(H,17,18). The fourth-order valence-electron chi connectivity index (χ4n) is 2.41. The molecule has 1 aromatic heterocycles. The van der Waals surface area contributed by atoms with Gasteiger partial charge in [-0.05, 0) is 19.1 Å². The summed E-state index contributed by atoms with van der Waals surface area (Å²) in [6, 6.07) is 6.82. The molecule has 1 fully saturated rings. The van der Waals surface area contributed by atoms with Crippen molar-refractivity contribution in [2.75, 3.05) is 31.7 Å². The van der Waals surface area contributed by atoms with Gasteiger partial charge in [-0.2, -0.15) is 0 Å². The Hall–Kier alpha value is -1.72. The summed E-state index contributed by atoms with van der Waals surface area (Å²) >= 11 is 0. The second-order valence-electron chi connectivity index (χ2n) is 5.45. The highest BCUT2D eigenvalue weighted by Gasteiger charge is 2.37. The minimum Gasteiger partial charge on any atom is -0.396 e. The van der Waals surface area contributed by atoms with E-state index in [4.69, 9.17) is 4.74 Å². The van der Waals surface area contributed by atoms with Gasteiger partial charge in [0.15, 0.2) is 0 Å². The Morgan fingerprint density at radius 2 is 2.25 bits per heavy atom. The highest BCUT2D eigenvalue weighted by molar-refractivity contribution is 5.91. The van der Waals surface area contributed by atoms with Gasteiger partial charge in [-0.1, -0.05) is 12.1 Å². The number of aromatic nitrogens is 1. The number of para-hydroxylation sites is 1. The summed E-state index contributed by atoms with van der Waals surface area (Å²) in [5.74, 6) is -0.321. The molecular weight excluding hydrogens is 259 g/mol. The molecule has 0 spiro atoms. The number of hydrogen-bond donors (Lipinski definition) is 2. The van der Waals surface area contributed by atoms with Crippen LogP contribution in [0.2, 0.25) is 0 Å². The molecule has 4 nitrogen and oxygen atoms in total. The zero-order valence-corrected chi connectivity index (χ0v) is 11.3. The van der Waals surface area contributed by atoms with Gasteiger partial charge in [0.05, 0.1) is 25.2 Å². The lowest BCUT2D eigenvalue weighted by atomic mass is 9.87. The molecular formula is C15H17FN2O2. The van der Waals surface area contributed by atoms with Crippen LogP contribution in [0.4, 0.5) is 10.1 Å². The predicted molar refractivity (Wildman–Crippen MR) is 75.3 cm³/mol. The summed E-state index contributed by atoms with van der Waals surface area (Å²) in [5.41, 5.74) is 1.74. The molecule has 0 amide bonds. The predicted octanol–water partition coefficient (Wildman–Crippen LogP) is 2.10. The topological polar surface area (TPSA) is 54.4 Å². The molecule has 5 heteroatoms. The molecule has 0 bridgehead atoms. The van der Waals surface area contributed by atoms with Gasteiger partial charge in [-0.25, -0.2) is 9.37 Å². The Balaban J connectivity index is 1.93. The van der Waals surface area contributed by atoms with Crippen LogP contribution in [0.1, 0.15) is 5.69 Å². The van der Waals surface area contributed by atoms with Crippen molar-refractivity contribution in [2.45, 2.75) is 6.92 Å². The van der Waals surface area contributed by atoms with Gasteiger partial charge in [0.1, 0.15) is 11.3 Å². The van der Waals surface area contributed by atoms with Gasteiger partial charge in [0.25, 0.3) is 0 Å². The van der Waals surface area contributed by atoms with Gasteiger partial charge >= 0.3 is 0 Å². The Morgan fingerprint density at radius 3 is 2.90 bits per heavy atom. The number of rotatable bonds is 4. The molecule has 0 saturated carbocycles. The first-order valence-corrected chi connectivity index (χ1v) is 6.62. The molecule has 1 aromatic carbocycles. The number of hydrogen-bond acceptors (Lipinski definition) is 4. The molecule has 20 heavy (non-hydrogen) atoms. The smallest absolute Gasteiger partial charge is 0.149 e. The minimum atomic E-state index is -0.321. The lowest BCUT2D eigenvalue weighted by Crippen LogP contribution is -2.50. The fraction of sp³-hybridized carbons (Fsp3) is 0.400. The van der Waals surface area contributed by atoms with Crippen molar-refractivity contribution in [3.63, 3.8) is 0 Å². The van der Waals surface area contributed by atoms with Crippen molar-refractivity contribution >= 4 is 16.6 Å². The quantitative estimate of drug-likeness (QED) is 0.898. The molecule has 0 radical (unpaired) electrons. The van der Waals surface area contributed by atoms with Crippen LogP contribution in [-0.4, -0.2) is 36.5 Å². The second-order valence-corrected chi connectivity index (χ2v) is 5.45. The molecule has 1 aliphatic rings. The van der Waals surface area contributed by atoms with E-state index in [-0.39, 0.29) is 17.8 Å². The van der Waals surface area contributed by atoms with Crippen LogP contribution in [0, 0.1) is 18.2 Å². The minimum absolute atomic E-state index is 0.0797. The van der Waals surface area contributed by atoms with Crippen molar-refractivity contribution in [2.24, 2.45) is 5.41 Å². The van der Waals surface area contributed by atoms with Crippen LogP contribution in [-0.2, 0) is 4.74 Å². The Labute approximate surface area is 116 Å². The maximum atomic E-state index is 13.8. The number of aliphatic hydroxyl groups is 1. The van der Waals surface area contributed by atoms with Crippen LogP contribution >= 0.6 is 0 Å². The summed E-state index contributed by atoms with van der Waals surface area (Å²) in [6.45, 7) is 3.61. The Kier molecular flexibility index (Phi) is 3.31. The third-order valence-corrected chi connectivity index (χ3v) is 3.72. The molecule has 2 aromatic rings. The average molecular weight is 276 g/mol. The molecule has 0 aliphatic carbocycles. The normalized spacial score (nSPS) is 16.9.